The van der Waals surface area contributed by atoms with Crippen LogP contribution in [0.5, 0.6) is 5.75 Å². The molecule has 1 amide bonds. The van der Waals surface area contributed by atoms with Gasteiger partial charge in [0.1, 0.15) is 17.6 Å². The van der Waals surface area contributed by atoms with Gasteiger partial charge in [0.2, 0.25) is 0 Å². The summed E-state index contributed by atoms with van der Waals surface area (Å²) >= 11 is 0. The van der Waals surface area contributed by atoms with Crippen molar-refractivity contribution in [3.05, 3.63) is 65.5 Å². The van der Waals surface area contributed by atoms with Crippen molar-refractivity contribution in [2.24, 2.45) is 5.10 Å². The van der Waals surface area contributed by atoms with Gasteiger partial charge in [-0.25, -0.2) is 9.40 Å². The first-order valence-corrected chi connectivity index (χ1v) is 11.7. The summed E-state index contributed by atoms with van der Waals surface area (Å²) in [6, 6.07) is 12.9. The Bertz CT molecular complexity index is 1060. The topological polar surface area (TPSA) is 71.4 Å². The van der Waals surface area contributed by atoms with Gasteiger partial charge in [-0.1, -0.05) is 30.7 Å². The molecule has 2 heterocycles. The monoisotopic (exact) mass is 467 g/mol. The smallest absolute Gasteiger partial charge is 0.323 e. The zero-order valence-electron chi connectivity index (χ0n) is 19.6. The molecule has 34 heavy (non-hydrogen) atoms. The Morgan fingerprint density at radius 1 is 1.15 bits per heavy atom. The van der Waals surface area contributed by atoms with Crippen molar-refractivity contribution in [3.63, 3.8) is 0 Å². The van der Waals surface area contributed by atoms with Crippen LogP contribution >= 0.6 is 0 Å². The molecule has 1 fully saturated rings. The number of halogens is 1. The number of rotatable bonds is 7. The summed E-state index contributed by atoms with van der Waals surface area (Å²) in [5, 5.41) is 6.18. The molecule has 2 aliphatic rings. The Balaban J connectivity index is 1.60. The highest BCUT2D eigenvalue weighted by Gasteiger charge is 2.37. The fourth-order valence-corrected chi connectivity index (χ4v) is 4.59. The Labute approximate surface area is 199 Å². The third-order valence-corrected chi connectivity index (χ3v) is 6.33. The second-order valence-electron chi connectivity index (χ2n) is 8.52. The predicted molar refractivity (Wildman–Crippen MR) is 126 cm³/mol. The second-order valence-corrected chi connectivity index (χ2v) is 8.52. The summed E-state index contributed by atoms with van der Waals surface area (Å²) < 4.78 is 24.1. The number of nitrogens with zero attached hydrogens (tertiary/aromatic N) is 3. The number of hydrogen-bond donors (Lipinski definition) is 0. The van der Waals surface area contributed by atoms with Gasteiger partial charge in [-0.3, -0.25) is 14.5 Å². The summed E-state index contributed by atoms with van der Waals surface area (Å²) in [6.45, 7) is 2.80. The molecule has 7 nitrogen and oxygen atoms in total. The number of carbonyl (C=O) groups excluding carboxylic acids is 2. The normalized spacial score (nSPS) is 20.7. The lowest BCUT2D eigenvalue weighted by Crippen LogP contribution is -2.49. The van der Waals surface area contributed by atoms with Gasteiger partial charge in [-0.15, -0.1) is 0 Å². The van der Waals surface area contributed by atoms with Crippen molar-refractivity contribution >= 4 is 17.6 Å². The molecular weight excluding hydrogens is 437 g/mol. The number of hydrazone groups is 1. The molecule has 0 aromatic heterocycles. The zero-order chi connectivity index (χ0) is 24.1. The molecule has 4 rings (SSSR count). The predicted octanol–water partition coefficient (Wildman–Crippen LogP) is 3.93. The Morgan fingerprint density at radius 2 is 1.94 bits per heavy atom. The standard InChI is InChI=1S/C26H30FN3O4/c1-3-34-26(32)23-9-4-5-14-29(23)17-25(31)30-24(18-10-12-20(27)13-11-18)16-22(28-30)19-7-6-8-21(15-19)33-2/h6-8,10-13,15,23-24H,3-5,9,14,16-17H2,1-2H3/t23-,24+/m0/s1. The largest absolute Gasteiger partial charge is 0.497 e. The summed E-state index contributed by atoms with van der Waals surface area (Å²) in [4.78, 5) is 27.9. The molecule has 0 radical (unpaired) electrons. The van der Waals surface area contributed by atoms with E-state index in [0.717, 1.165) is 29.7 Å². The second kappa shape index (κ2) is 10.8. The maximum absolute atomic E-state index is 13.6. The average Bonchev–Trinajstić information content (AvgIpc) is 3.31. The van der Waals surface area contributed by atoms with Crippen molar-refractivity contribution < 1.29 is 23.5 Å². The highest BCUT2D eigenvalue weighted by Crippen LogP contribution is 2.34. The minimum Gasteiger partial charge on any atom is -0.497 e. The van der Waals surface area contributed by atoms with E-state index in [0.29, 0.717) is 31.7 Å². The molecule has 2 atom stereocenters. The third-order valence-electron chi connectivity index (χ3n) is 6.33. The van der Waals surface area contributed by atoms with Gasteiger partial charge in [0.05, 0.1) is 32.0 Å². The molecule has 1 saturated heterocycles. The van der Waals surface area contributed by atoms with E-state index in [1.807, 2.05) is 29.2 Å². The van der Waals surface area contributed by atoms with Gasteiger partial charge in [-0.05, 0) is 56.1 Å². The van der Waals surface area contributed by atoms with E-state index >= 15 is 0 Å². The van der Waals surface area contributed by atoms with Gasteiger partial charge < -0.3 is 9.47 Å². The minimum atomic E-state index is -0.425. The highest BCUT2D eigenvalue weighted by molar-refractivity contribution is 6.03. The van der Waals surface area contributed by atoms with E-state index < -0.39 is 6.04 Å². The number of methoxy groups -OCH3 is 1. The van der Waals surface area contributed by atoms with Crippen LogP contribution in [0.2, 0.25) is 0 Å². The van der Waals surface area contributed by atoms with Crippen LogP contribution in [0.1, 0.15) is 49.8 Å². The van der Waals surface area contributed by atoms with E-state index in [9.17, 15) is 14.0 Å². The molecule has 2 aliphatic heterocycles. The number of amides is 1. The molecule has 0 spiro atoms. The number of benzene rings is 2. The Hall–Kier alpha value is -3.26. The van der Waals surface area contributed by atoms with Crippen LogP contribution in [-0.4, -0.2) is 60.3 Å². The van der Waals surface area contributed by atoms with Gasteiger partial charge in [0.15, 0.2) is 0 Å². The van der Waals surface area contributed by atoms with E-state index in [1.54, 1.807) is 26.2 Å². The molecule has 0 saturated carbocycles. The van der Waals surface area contributed by atoms with Crippen LogP contribution in [0.4, 0.5) is 4.39 Å². The lowest BCUT2D eigenvalue weighted by atomic mass is 9.98. The molecule has 0 bridgehead atoms. The molecular formula is C26H30FN3O4. The maximum Gasteiger partial charge on any atom is 0.323 e. The van der Waals surface area contributed by atoms with Crippen molar-refractivity contribution in [2.45, 2.75) is 44.7 Å². The first kappa shape index (κ1) is 23.9. The van der Waals surface area contributed by atoms with Crippen molar-refractivity contribution in [3.8, 4) is 5.75 Å². The van der Waals surface area contributed by atoms with Crippen LogP contribution in [-0.2, 0) is 14.3 Å². The van der Waals surface area contributed by atoms with Gasteiger partial charge in [0.25, 0.3) is 5.91 Å². The fourth-order valence-electron chi connectivity index (χ4n) is 4.59. The summed E-state index contributed by atoms with van der Waals surface area (Å²) in [6.07, 6.45) is 3.01. The Morgan fingerprint density at radius 3 is 2.68 bits per heavy atom. The zero-order valence-corrected chi connectivity index (χ0v) is 19.6. The number of piperidine rings is 1. The molecule has 0 N–H and O–H groups in total. The molecule has 2 aromatic carbocycles. The number of esters is 1. The number of likely N-dealkylation sites (tertiary alicyclic amines) is 1. The van der Waals surface area contributed by atoms with Crippen molar-refractivity contribution in [2.75, 3.05) is 26.8 Å². The number of carbonyl (C=O) groups is 2. The fraction of sp³-hybridized carbons (Fsp3) is 0.423. The summed E-state index contributed by atoms with van der Waals surface area (Å²) in [5.74, 6) is -0.122. The quantitative estimate of drug-likeness (QED) is 0.577. The molecule has 0 aliphatic carbocycles. The van der Waals surface area contributed by atoms with Gasteiger partial charge in [-0.2, -0.15) is 5.10 Å². The summed E-state index contributed by atoms with van der Waals surface area (Å²) in [7, 11) is 1.60. The van der Waals surface area contributed by atoms with Crippen LogP contribution < -0.4 is 4.74 Å². The highest BCUT2D eigenvalue weighted by atomic mass is 19.1. The van der Waals surface area contributed by atoms with Crippen LogP contribution in [0.15, 0.2) is 53.6 Å². The van der Waals surface area contributed by atoms with E-state index in [1.165, 1.54) is 17.1 Å². The van der Waals surface area contributed by atoms with E-state index in [2.05, 4.69) is 0 Å². The summed E-state index contributed by atoms with van der Waals surface area (Å²) in [5.41, 5.74) is 2.42. The van der Waals surface area contributed by atoms with Crippen LogP contribution in [0.25, 0.3) is 0 Å². The molecule has 180 valence electrons. The lowest BCUT2D eigenvalue weighted by molar-refractivity contribution is -0.152. The lowest BCUT2D eigenvalue weighted by Gasteiger charge is -2.34. The van der Waals surface area contributed by atoms with E-state index in [4.69, 9.17) is 14.6 Å². The van der Waals surface area contributed by atoms with Crippen molar-refractivity contribution in [1.29, 1.82) is 0 Å². The van der Waals surface area contributed by atoms with E-state index in [-0.39, 0.29) is 30.3 Å². The molecule has 2 aromatic rings. The van der Waals surface area contributed by atoms with Crippen LogP contribution in [0, 0.1) is 5.82 Å². The maximum atomic E-state index is 13.6. The first-order chi connectivity index (χ1) is 16.5. The average molecular weight is 468 g/mol. The Kier molecular flexibility index (Phi) is 7.57. The minimum absolute atomic E-state index is 0.0655. The van der Waals surface area contributed by atoms with Crippen molar-refractivity contribution in [1.82, 2.24) is 9.91 Å². The van der Waals surface area contributed by atoms with Gasteiger partial charge >= 0.3 is 5.97 Å². The number of hydrogen-bond acceptors (Lipinski definition) is 6. The molecule has 8 heteroatoms. The van der Waals surface area contributed by atoms with Crippen LogP contribution in [0.3, 0.4) is 0 Å². The molecule has 0 unspecified atom stereocenters. The number of ether oxygens (including phenoxy) is 2. The van der Waals surface area contributed by atoms with Gasteiger partial charge in [0, 0.05) is 12.0 Å². The third kappa shape index (κ3) is 5.28. The SMILES string of the molecule is CCOC(=O)[C@@H]1CCCCN1CC(=O)N1N=C(c2cccc(OC)c2)C[C@@H]1c1ccc(F)cc1. The first-order valence-electron chi connectivity index (χ1n) is 11.7.